The first-order valence-corrected chi connectivity index (χ1v) is 10.5. The van der Waals surface area contributed by atoms with Crippen LogP contribution in [0.15, 0.2) is 29.2 Å². The van der Waals surface area contributed by atoms with Crippen LogP contribution in [0, 0.1) is 5.92 Å². The number of hydrogen-bond donors (Lipinski definition) is 1. The molecule has 1 aromatic carbocycles. The highest BCUT2D eigenvalue weighted by molar-refractivity contribution is 7.98. The van der Waals surface area contributed by atoms with Gasteiger partial charge in [-0.25, -0.2) is 8.42 Å². The van der Waals surface area contributed by atoms with E-state index in [1.165, 1.54) is 16.4 Å². The molecule has 0 saturated heterocycles. The largest absolute Gasteiger partial charge is 0.395 e. The van der Waals surface area contributed by atoms with E-state index < -0.39 is 16.1 Å². The Morgan fingerprint density at radius 2 is 1.91 bits per heavy atom. The van der Waals surface area contributed by atoms with E-state index in [9.17, 15) is 13.5 Å². The Balaban J connectivity index is 3.20. The summed E-state index contributed by atoms with van der Waals surface area (Å²) in [6, 6.07) is 5.73. The van der Waals surface area contributed by atoms with Gasteiger partial charge in [0, 0.05) is 17.3 Å². The van der Waals surface area contributed by atoms with E-state index >= 15 is 0 Å². The topological polar surface area (TPSA) is 57.6 Å². The Morgan fingerprint density at radius 3 is 2.36 bits per heavy atom. The molecule has 0 saturated carbocycles. The third-order valence-electron chi connectivity index (χ3n) is 3.79. The zero-order valence-electron chi connectivity index (χ0n) is 13.2. The number of thioether (sulfide) groups is 1. The number of nitrogens with zero attached hydrogens (tertiary/aromatic N) is 1. The van der Waals surface area contributed by atoms with Crippen molar-refractivity contribution in [1.29, 1.82) is 0 Å². The first-order chi connectivity index (χ1) is 10.4. The van der Waals surface area contributed by atoms with Crippen LogP contribution in [0.2, 0.25) is 5.02 Å². The van der Waals surface area contributed by atoms with Gasteiger partial charge in [0.1, 0.15) is 0 Å². The number of rotatable bonds is 9. The quantitative estimate of drug-likeness (QED) is 0.730. The molecule has 0 amide bonds. The van der Waals surface area contributed by atoms with Crippen LogP contribution >= 0.6 is 23.4 Å². The molecule has 0 aliphatic heterocycles. The molecule has 0 spiro atoms. The lowest BCUT2D eigenvalue weighted by molar-refractivity contribution is 0.147. The van der Waals surface area contributed by atoms with Crippen molar-refractivity contribution in [2.24, 2.45) is 5.92 Å². The van der Waals surface area contributed by atoms with Crippen LogP contribution in [0.5, 0.6) is 0 Å². The Labute approximate surface area is 142 Å². The Bertz CT molecular complexity index is 548. The summed E-state index contributed by atoms with van der Waals surface area (Å²) in [7, 11) is -3.66. The van der Waals surface area contributed by atoms with Gasteiger partial charge >= 0.3 is 0 Å². The number of sulfonamides is 1. The molecule has 1 rings (SSSR count). The number of aliphatic hydroxyl groups is 1. The van der Waals surface area contributed by atoms with Gasteiger partial charge in [0.25, 0.3) is 0 Å². The fourth-order valence-corrected chi connectivity index (χ4v) is 4.55. The molecule has 0 aliphatic carbocycles. The van der Waals surface area contributed by atoms with Crippen molar-refractivity contribution in [2.75, 3.05) is 25.2 Å². The van der Waals surface area contributed by atoms with Crippen LogP contribution in [0.4, 0.5) is 0 Å². The van der Waals surface area contributed by atoms with Gasteiger partial charge in [-0.3, -0.25) is 0 Å². The van der Waals surface area contributed by atoms with Crippen molar-refractivity contribution < 1.29 is 13.5 Å². The SMILES string of the molecule is CC[C@H](C)[C@@H](CO)N(CCSC)S(=O)(=O)c1ccc(Cl)cc1. The second-order valence-electron chi connectivity index (χ2n) is 5.20. The van der Waals surface area contributed by atoms with Gasteiger partial charge in [0.05, 0.1) is 17.5 Å². The maximum absolute atomic E-state index is 12.9. The van der Waals surface area contributed by atoms with E-state index in [0.717, 1.165) is 6.42 Å². The van der Waals surface area contributed by atoms with Crippen LogP contribution in [0.1, 0.15) is 20.3 Å². The van der Waals surface area contributed by atoms with E-state index in [4.69, 9.17) is 11.6 Å². The van der Waals surface area contributed by atoms with E-state index in [0.29, 0.717) is 17.3 Å². The minimum absolute atomic E-state index is 0.0777. The molecule has 0 fully saturated rings. The second-order valence-corrected chi connectivity index (χ2v) is 8.51. The first-order valence-electron chi connectivity index (χ1n) is 7.25. The molecule has 0 radical (unpaired) electrons. The van der Waals surface area contributed by atoms with Gasteiger partial charge in [-0.15, -0.1) is 0 Å². The predicted octanol–water partition coefficient (Wildman–Crippen LogP) is 3.10. The van der Waals surface area contributed by atoms with Gasteiger partial charge < -0.3 is 5.11 Å². The average molecular weight is 366 g/mol. The summed E-state index contributed by atoms with van der Waals surface area (Å²) in [5.74, 6) is 0.758. The van der Waals surface area contributed by atoms with Crippen LogP contribution in [0.3, 0.4) is 0 Å². The summed E-state index contributed by atoms with van der Waals surface area (Å²) in [6.45, 7) is 4.15. The summed E-state index contributed by atoms with van der Waals surface area (Å²) >= 11 is 7.42. The molecule has 7 heteroatoms. The molecule has 1 N–H and O–H groups in total. The molecule has 0 heterocycles. The zero-order valence-corrected chi connectivity index (χ0v) is 15.6. The van der Waals surface area contributed by atoms with Gasteiger partial charge in [-0.2, -0.15) is 16.1 Å². The number of benzene rings is 1. The third kappa shape index (κ3) is 4.86. The van der Waals surface area contributed by atoms with Crippen molar-refractivity contribution in [3.05, 3.63) is 29.3 Å². The minimum atomic E-state index is -3.66. The lowest BCUT2D eigenvalue weighted by Crippen LogP contribution is -2.47. The average Bonchev–Trinajstić information content (AvgIpc) is 2.51. The van der Waals surface area contributed by atoms with Crippen LogP contribution < -0.4 is 0 Å². The Kier molecular flexibility index (Phi) is 8.21. The molecule has 0 aliphatic rings. The maximum atomic E-state index is 12.9. The summed E-state index contributed by atoms with van der Waals surface area (Å²) in [5, 5.41) is 10.2. The van der Waals surface area contributed by atoms with Crippen LogP contribution in [0.25, 0.3) is 0 Å². The molecule has 4 nitrogen and oxygen atoms in total. The Hall–Kier alpha value is -0.270. The van der Waals surface area contributed by atoms with Gasteiger partial charge in [0.2, 0.25) is 10.0 Å². The summed E-state index contributed by atoms with van der Waals surface area (Å²) in [6.07, 6.45) is 2.74. The maximum Gasteiger partial charge on any atom is 0.243 e. The van der Waals surface area contributed by atoms with Crippen molar-refractivity contribution >= 4 is 33.4 Å². The molecule has 126 valence electrons. The molecule has 2 atom stereocenters. The Morgan fingerprint density at radius 1 is 1.32 bits per heavy atom. The lowest BCUT2D eigenvalue weighted by atomic mass is 10.00. The highest BCUT2D eigenvalue weighted by Crippen LogP contribution is 2.24. The smallest absolute Gasteiger partial charge is 0.243 e. The minimum Gasteiger partial charge on any atom is -0.395 e. The molecule has 0 bridgehead atoms. The van der Waals surface area contributed by atoms with Crippen molar-refractivity contribution in [3.8, 4) is 0 Å². The molecule has 0 aromatic heterocycles. The summed E-state index contributed by atoms with van der Waals surface area (Å²) < 4.78 is 27.3. The van der Waals surface area contributed by atoms with Gasteiger partial charge in [-0.1, -0.05) is 31.9 Å². The molecular weight excluding hydrogens is 342 g/mol. The van der Waals surface area contributed by atoms with E-state index in [-0.39, 0.29) is 17.4 Å². The lowest BCUT2D eigenvalue weighted by Gasteiger charge is -2.33. The normalized spacial score (nSPS) is 15.0. The molecular formula is C15H24ClNO3S2. The first kappa shape index (κ1) is 19.8. The fourth-order valence-electron chi connectivity index (χ4n) is 2.21. The predicted molar refractivity (Wildman–Crippen MR) is 94.1 cm³/mol. The van der Waals surface area contributed by atoms with Crippen LogP contribution in [-0.2, 0) is 10.0 Å². The van der Waals surface area contributed by atoms with E-state index in [1.54, 1.807) is 23.9 Å². The van der Waals surface area contributed by atoms with Gasteiger partial charge in [0.15, 0.2) is 0 Å². The van der Waals surface area contributed by atoms with Crippen molar-refractivity contribution in [2.45, 2.75) is 31.2 Å². The number of halogens is 1. The van der Waals surface area contributed by atoms with E-state index in [1.807, 2.05) is 20.1 Å². The van der Waals surface area contributed by atoms with Crippen molar-refractivity contribution in [1.82, 2.24) is 4.31 Å². The zero-order chi connectivity index (χ0) is 16.8. The number of hydrogen-bond acceptors (Lipinski definition) is 4. The molecule has 1 aromatic rings. The fraction of sp³-hybridized carbons (Fsp3) is 0.600. The van der Waals surface area contributed by atoms with E-state index in [2.05, 4.69) is 0 Å². The third-order valence-corrected chi connectivity index (χ3v) is 6.58. The highest BCUT2D eigenvalue weighted by atomic mass is 35.5. The van der Waals surface area contributed by atoms with Crippen LogP contribution in [-0.4, -0.2) is 49.0 Å². The molecule has 0 unspecified atom stereocenters. The van der Waals surface area contributed by atoms with Crippen molar-refractivity contribution in [3.63, 3.8) is 0 Å². The molecule has 22 heavy (non-hydrogen) atoms. The summed E-state index contributed by atoms with van der Waals surface area (Å²) in [4.78, 5) is 0.208. The van der Waals surface area contributed by atoms with Gasteiger partial charge in [-0.05, 0) is 36.4 Å². The monoisotopic (exact) mass is 365 g/mol. The number of aliphatic hydroxyl groups excluding tert-OH is 1. The standard InChI is InChI=1S/C15H24ClNO3S2/c1-4-12(2)15(11-18)17(9-10-21-3)22(19,20)14-7-5-13(16)6-8-14/h5-8,12,15,18H,4,9-11H2,1-3H3/t12-,15+/m0/s1. The summed E-state index contributed by atoms with van der Waals surface area (Å²) in [5.41, 5.74) is 0. The highest BCUT2D eigenvalue weighted by Gasteiger charge is 2.33. The second kappa shape index (κ2) is 9.13.